The first kappa shape index (κ1) is 20.0. The van der Waals surface area contributed by atoms with E-state index in [2.05, 4.69) is 15.5 Å². The molecule has 0 radical (unpaired) electrons. The van der Waals surface area contributed by atoms with Gasteiger partial charge in [0.05, 0.1) is 22.0 Å². The second-order valence-corrected chi connectivity index (χ2v) is 6.24. The second kappa shape index (κ2) is 9.48. The van der Waals surface area contributed by atoms with E-state index in [0.29, 0.717) is 16.4 Å². The number of ether oxygens (including phenoxy) is 1. The number of nitrogens with zero attached hydrogens (tertiary/aromatic N) is 2. The van der Waals surface area contributed by atoms with Crippen molar-refractivity contribution in [1.82, 2.24) is 0 Å². The van der Waals surface area contributed by atoms with Crippen LogP contribution >= 0.6 is 11.6 Å². The molecule has 0 unspecified atom stereocenters. The number of phenolic OH excluding ortho intramolecular Hbond substituents is 1. The zero-order chi connectivity index (χ0) is 20.6. The molecule has 146 valence electrons. The summed E-state index contributed by atoms with van der Waals surface area (Å²) in [5, 5.41) is 20.3. The van der Waals surface area contributed by atoms with Gasteiger partial charge in [-0.2, -0.15) is 5.11 Å². The fraction of sp³-hybridized carbons (Fsp3) is 0.0476. The highest BCUT2D eigenvalue weighted by Crippen LogP contribution is 2.24. The first-order valence-corrected chi connectivity index (χ1v) is 8.92. The minimum Gasteiger partial charge on any atom is -0.508 e. The summed E-state index contributed by atoms with van der Waals surface area (Å²) in [6.45, 7) is -0.479. The number of halogens is 1. The molecule has 2 N–H and O–H groups in total. The summed E-state index contributed by atoms with van der Waals surface area (Å²) in [5.41, 5.74) is 1.39. The van der Waals surface area contributed by atoms with Gasteiger partial charge in [0.2, 0.25) is 0 Å². The summed E-state index contributed by atoms with van der Waals surface area (Å²) in [7, 11) is 0. The van der Waals surface area contributed by atoms with Crippen LogP contribution in [0.2, 0.25) is 5.02 Å². The number of hydrogen-bond acceptors (Lipinski definition) is 6. The molecule has 0 heterocycles. The molecule has 3 rings (SSSR count). The summed E-state index contributed by atoms with van der Waals surface area (Å²) in [6, 6.07) is 19.3. The largest absolute Gasteiger partial charge is 0.508 e. The van der Waals surface area contributed by atoms with Crippen LogP contribution in [0.3, 0.4) is 0 Å². The maximum absolute atomic E-state index is 12.4. The highest BCUT2D eigenvalue weighted by molar-refractivity contribution is 6.33. The number of aromatic hydroxyl groups is 1. The molecule has 0 aliphatic carbocycles. The highest BCUT2D eigenvalue weighted by Gasteiger charge is 2.15. The minimum atomic E-state index is -0.709. The Kier molecular flexibility index (Phi) is 6.55. The van der Waals surface area contributed by atoms with Crippen LogP contribution in [-0.4, -0.2) is 23.6 Å². The standard InChI is InChI=1S/C21H16ClN3O4/c22-17-6-2-4-8-19(17)23-20(27)13-29-21(28)16-5-1-3-7-18(16)25-24-14-9-11-15(26)12-10-14/h1-12,26H,13H2,(H,23,27). The van der Waals surface area contributed by atoms with Gasteiger partial charge < -0.3 is 15.2 Å². The Morgan fingerprint density at radius 3 is 2.38 bits per heavy atom. The van der Waals surface area contributed by atoms with E-state index in [1.54, 1.807) is 54.6 Å². The monoisotopic (exact) mass is 409 g/mol. The van der Waals surface area contributed by atoms with E-state index < -0.39 is 18.5 Å². The Hall–Kier alpha value is -3.71. The molecule has 0 saturated heterocycles. The number of hydrogen-bond donors (Lipinski definition) is 2. The molecule has 7 nitrogen and oxygen atoms in total. The maximum Gasteiger partial charge on any atom is 0.340 e. The quantitative estimate of drug-likeness (QED) is 0.428. The average Bonchev–Trinajstić information content (AvgIpc) is 2.73. The third kappa shape index (κ3) is 5.63. The minimum absolute atomic E-state index is 0.114. The zero-order valence-electron chi connectivity index (χ0n) is 15.1. The number of amides is 1. The first-order chi connectivity index (χ1) is 14.0. The molecule has 0 aromatic heterocycles. The van der Waals surface area contributed by atoms with Crippen molar-refractivity contribution in [1.29, 1.82) is 0 Å². The predicted octanol–water partition coefficient (Wildman–Crippen LogP) is 5.26. The van der Waals surface area contributed by atoms with Crippen LogP contribution in [0.4, 0.5) is 17.1 Å². The van der Waals surface area contributed by atoms with Gasteiger partial charge in [0.25, 0.3) is 5.91 Å². The molecule has 3 aromatic carbocycles. The van der Waals surface area contributed by atoms with Crippen LogP contribution in [0, 0.1) is 0 Å². The molecule has 0 spiro atoms. The van der Waals surface area contributed by atoms with E-state index in [9.17, 15) is 14.7 Å². The van der Waals surface area contributed by atoms with Crippen molar-refractivity contribution in [3.05, 3.63) is 83.4 Å². The third-order valence-corrected chi connectivity index (χ3v) is 4.06. The number of rotatable bonds is 6. The normalized spacial score (nSPS) is 10.7. The number of esters is 1. The number of carbonyl (C=O) groups excluding carboxylic acids is 2. The van der Waals surface area contributed by atoms with E-state index in [1.165, 1.54) is 18.2 Å². The van der Waals surface area contributed by atoms with Gasteiger partial charge >= 0.3 is 5.97 Å². The van der Waals surface area contributed by atoms with Gasteiger partial charge in [-0.05, 0) is 48.5 Å². The molecule has 0 aliphatic heterocycles. The number of azo groups is 1. The van der Waals surface area contributed by atoms with Crippen molar-refractivity contribution in [2.75, 3.05) is 11.9 Å². The topological polar surface area (TPSA) is 100 Å². The zero-order valence-corrected chi connectivity index (χ0v) is 15.8. The SMILES string of the molecule is O=C(COC(=O)c1ccccc1N=Nc1ccc(O)cc1)Nc1ccccc1Cl. The third-order valence-electron chi connectivity index (χ3n) is 3.73. The number of phenols is 1. The van der Waals surface area contributed by atoms with Crippen molar-refractivity contribution < 1.29 is 19.4 Å². The first-order valence-electron chi connectivity index (χ1n) is 8.54. The second-order valence-electron chi connectivity index (χ2n) is 5.84. The average molecular weight is 410 g/mol. The molecule has 0 bridgehead atoms. The molecular weight excluding hydrogens is 394 g/mol. The van der Waals surface area contributed by atoms with Crippen LogP contribution in [0.5, 0.6) is 5.75 Å². The molecule has 29 heavy (non-hydrogen) atoms. The van der Waals surface area contributed by atoms with Crippen molar-refractivity contribution >= 4 is 40.5 Å². The molecule has 0 aliphatic rings. The van der Waals surface area contributed by atoms with Gasteiger partial charge in [0.1, 0.15) is 11.4 Å². The fourth-order valence-corrected chi connectivity index (χ4v) is 2.51. The Balaban J connectivity index is 1.64. The van der Waals surface area contributed by atoms with Crippen molar-refractivity contribution in [2.45, 2.75) is 0 Å². The lowest BCUT2D eigenvalue weighted by atomic mass is 10.2. The van der Waals surface area contributed by atoms with Crippen LogP contribution in [0.15, 0.2) is 83.0 Å². The Morgan fingerprint density at radius 2 is 1.62 bits per heavy atom. The molecule has 0 fully saturated rings. The summed E-state index contributed by atoms with van der Waals surface area (Å²) < 4.78 is 5.08. The number of para-hydroxylation sites is 1. The van der Waals surface area contributed by atoms with E-state index in [1.807, 2.05) is 0 Å². The maximum atomic E-state index is 12.4. The predicted molar refractivity (Wildman–Crippen MR) is 109 cm³/mol. The van der Waals surface area contributed by atoms with Crippen LogP contribution in [0.25, 0.3) is 0 Å². The number of benzene rings is 3. The fourth-order valence-electron chi connectivity index (χ4n) is 2.32. The smallest absolute Gasteiger partial charge is 0.340 e. The van der Waals surface area contributed by atoms with Crippen LogP contribution in [-0.2, 0) is 9.53 Å². The highest BCUT2D eigenvalue weighted by atomic mass is 35.5. The van der Waals surface area contributed by atoms with Crippen LogP contribution < -0.4 is 5.32 Å². The van der Waals surface area contributed by atoms with Gasteiger partial charge in [-0.15, -0.1) is 5.11 Å². The van der Waals surface area contributed by atoms with Crippen molar-refractivity contribution in [2.24, 2.45) is 10.2 Å². The Bertz CT molecular complexity index is 1050. The van der Waals surface area contributed by atoms with E-state index >= 15 is 0 Å². The molecular formula is C21H16ClN3O4. The summed E-state index contributed by atoms with van der Waals surface area (Å²) in [6.07, 6.45) is 0. The lowest BCUT2D eigenvalue weighted by molar-refractivity contribution is -0.119. The molecule has 8 heteroatoms. The summed E-state index contributed by atoms with van der Waals surface area (Å²) in [4.78, 5) is 24.4. The lowest BCUT2D eigenvalue weighted by Gasteiger charge is -2.08. The van der Waals surface area contributed by atoms with Crippen molar-refractivity contribution in [3.63, 3.8) is 0 Å². The number of nitrogens with one attached hydrogen (secondary N) is 1. The van der Waals surface area contributed by atoms with E-state index in [0.717, 1.165) is 0 Å². The number of anilines is 1. The Morgan fingerprint density at radius 1 is 0.931 bits per heavy atom. The van der Waals surface area contributed by atoms with Gasteiger partial charge in [0.15, 0.2) is 6.61 Å². The van der Waals surface area contributed by atoms with E-state index in [-0.39, 0.29) is 17.0 Å². The van der Waals surface area contributed by atoms with Gasteiger partial charge in [-0.1, -0.05) is 35.9 Å². The summed E-state index contributed by atoms with van der Waals surface area (Å²) >= 11 is 5.98. The van der Waals surface area contributed by atoms with Gasteiger partial charge in [-0.25, -0.2) is 4.79 Å². The lowest BCUT2D eigenvalue weighted by Crippen LogP contribution is -2.21. The molecule has 0 saturated carbocycles. The molecule has 0 atom stereocenters. The van der Waals surface area contributed by atoms with Crippen LogP contribution in [0.1, 0.15) is 10.4 Å². The van der Waals surface area contributed by atoms with Gasteiger partial charge in [-0.3, -0.25) is 4.79 Å². The number of carbonyl (C=O) groups is 2. The Labute approximate surface area is 171 Å². The summed E-state index contributed by atoms with van der Waals surface area (Å²) in [5.74, 6) is -1.11. The van der Waals surface area contributed by atoms with Gasteiger partial charge in [0, 0.05) is 0 Å². The van der Waals surface area contributed by atoms with Crippen molar-refractivity contribution in [3.8, 4) is 5.75 Å². The molecule has 1 amide bonds. The van der Waals surface area contributed by atoms with E-state index in [4.69, 9.17) is 16.3 Å². The molecule has 3 aromatic rings.